The summed E-state index contributed by atoms with van der Waals surface area (Å²) in [6.45, 7) is 4.32. The van der Waals surface area contributed by atoms with Gasteiger partial charge in [-0.25, -0.2) is 4.98 Å². The van der Waals surface area contributed by atoms with E-state index in [1.807, 2.05) is 43.1 Å². The number of pyridine rings is 1. The van der Waals surface area contributed by atoms with Crippen molar-refractivity contribution >= 4 is 28.9 Å². The molecule has 0 spiro atoms. The summed E-state index contributed by atoms with van der Waals surface area (Å²) in [4.78, 5) is 6.21. The van der Waals surface area contributed by atoms with Gasteiger partial charge in [-0.3, -0.25) is 4.90 Å². The third kappa shape index (κ3) is 7.78. The number of hydrogen-bond acceptors (Lipinski definition) is 5. The summed E-state index contributed by atoms with van der Waals surface area (Å²) in [6, 6.07) is 11.9. The number of nitrogens with one attached hydrogen (secondary N) is 2. The van der Waals surface area contributed by atoms with Gasteiger partial charge < -0.3 is 16.5 Å². The SMILES string of the molecule is CCCN(CCNC)Cc1ccc(/C=C/C(C#Cc2cnc(N)c3ccccc23)=C\C=N)cc1C(F)(F)F. The molecule has 0 amide bonds. The maximum Gasteiger partial charge on any atom is 0.416 e. The number of hydrogen-bond donors (Lipinski definition) is 3. The fraction of sp³-hybridized carbons (Fsp3) is 0.267. The number of halogens is 3. The number of allylic oxidation sites excluding steroid dienone is 3. The molecule has 4 N–H and O–H groups in total. The van der Waals surface area contributed by atoms with E-state index in [4.69, 9.17) is 11.1 Å². The molecule has 0 saturated carbocycles. The molecule has 3 aromatic rings. The first-order chi connectivity index (χ1) is 18.3. The maximum atomic E-state index is 14.0. The summed E-state index contributed by atoms with van der Waals surface area (Å²) in [5.41, 5.74) is 7.10. The van der Waals surface area contributed by atoms with Crippen molar-refractivity contribution in [3.63, 3.8) is 0 Å². The molecule has 2 aromatic carbocycles. The highest BCUT2D eigenvalue weighted by molar-refractivity contribution is 5.94. The van der Waals surface area contributed by atoms with Crippen LogP contribution in [0.3, 0.4) is 0 Å². The van der Waals surface area contributed by atoms with Crippen LogP contribution in [0.4, 0.5) is 19.0 Å². The lowest BCUT2D eigenvalue weighted by atomic mass is 10.0. The third-order valence-electron chi connectivity index (χ3n) is 5.94. The van der Waals surface area contributed by atoms with Crippen molar-refractivity contribution in [1.29, 1.82) is 5.41 Å². The van der Waals surface area contributed by atoms with Crippen LogP contribution in [0, 0.1) is 17.3 Å². The number of benzene rings is 2. The first kappa shape index (κ1) is 28.6. The average Bonchev–Trinajstić information content (AvgIpc) is 2.90. The molecule has 0 aliphatic carbocycles. The second kappa shape index (κ2) is 13.6. The van der Waals surface area contributed by atoms with Crippen LogP contribution < -0.4 is 11.1 Å². The molecule has 0 radical (unpaired) electrons. The second-order valence-electron chi connectivity index (χ2n) is 8.77. The number of aromatic nitrogens is 1. The quantitative estimate of drug-likeness (QED) is 0.177. The van der Waals surface area contributed by atoms with Gasteiger partial charge in [-0.1, -0.05) is 61.2 Å². The van der Waals surface area contributed by atoms with E-state index in [1.54, 1.807) is 30.5 Å². The van der Waals surface area contributed by atoms with Gasteiger partial charge in [-0.15, -0.1) is 0 Å². The first-order valence-electron chi connectivity index (χ1n) is 12.4. The number of nitrogens with zero attached hydrogens (tertiary/aromatic N) is 2. The van der Waals surface area contributed by atoms with Gasteiger partial charge in [-0.2, -0.15) is 13.2 Å². The average molecular weight is 520 g/mol. The summed E-state index contributed by atoms with van der Waals surface area (Å²) < 4.78 is 41.9. The normalized spacial score (nSPS) is 12.2. The summed E-state index contributed by atoms with van der Waals surface area (Å²) in [7, 11) is 1.83. The zero-order chi connectivity index (χ0) is 27.5. The van der Waals surface area contributed by atoms with Crippen molar-refractivity contribution in [3.8, 4) is 11.8 Å². The Morgan fingerprint density at radius 3 is 2.61 bits per heavy atom. The zero-order valence-corrected chi connectivity index (χ0v) is 21.6. The van der Waals surface area contributed by atoms with E-state index < -0.39 is 11.7 Å². The van der Waals surface area contributed by atoms with Gasteiger partial charge in [0.2, 0.25) is 0 Å². The molecule has 1 aromatic heterocycles. The van der Waals surface area contributed by atoms with E-state index in [0.29, 0.717) is 35.6 Å². The number of fused-ring (bicyclic) bond motifs is 1. The van der Waals surface area contributed by atoms with Crippen LogP contribution in [-0.2, 0) is 12.7 Å². The topological polar surface area (TPSA) is 78.0 Å². The Hall–Kier alpha value is -3.93. The number of nitrogens with two attached hydrogens (primary N) is 1. The van der Waals surface area contributed by atoms with E-state index in [2.05, 4.69) is 22.1 Å². The van der Waals surface area contributed by atoms with Crippen molar-refractivity contribution < 1.29 is 13.2 Å². The minimum atomic E-state index is -4.48. The summed E-state index contributed by atoms with van der Waals surface area (Å²) in [5, 5.41) is 12.1. The molecule has 3 rings (SSSR count). The van der Waals surface area contributed by atoms with E-state index >= 15 is 0 Å². The molecule has 0 aliphatic heterocycles. The van der Waals surface area contributed by atoms with Crippen molar-refractivity contribution in [1.82, 2.24) is 15.2 Å². The largest absolute Gasteiger partial charge is 0.416 e. The van der Waals surface area contributed by atoms with Gasteiger partial charge >= 0.3 is 6.18 Å². The number of likely N-dealkylation sites (N-methyl/N-ethyl adjacent to an activating group) is 1. The van der Waals surface area contributed by atoms with E-state index in [9.17, 15) is 13.2 Å². The number of anilines is 1. The molecule has 0 aliphatic rings. The van der Waals surface area contributed by atoms with E-state index in [1.165, 1.54) is 12.1 Å². The highest BCUT2D eigenvalue weighted by atomic mass is 19.4. The molecule has 0 fully saturated rings. The molecule has 0 saturated heterocycles. The number of rotatable bonds is 10. The Morgan fingerprint density at radius 2 is 1.92 bits per heavy atom. The molecule has 5 nitrogen and oxygen atoms in total. The van der Waals surface area contributed by atoms with Gasteiger partial charge in [-0.05, 0) is 49.4 Å². The molecule has 0 bridgehead atoms. The Kier molecular flexibility index (Phi) is 10.2. The van der Waals surface area contributed by atoms with Crippen molar-refractivity contribution in [2.24, 2.45) is 0 Å². The van der Waals surface area contributed by atoms with Gasteiger partial charge in [0.25, 0.3) is 0 Å². The van der Waals surface area contributed by atoms with Gasteiger partial charge in [0, 0.05) is 48.4 Å². The van der Waals surface area contributed by atoms with Gasteiger partial charge in [0.15, 0.2) is 0 Å². The fourth-order valence-corrected chi connectivity index (χ4v) is 4.06. The molecular formula is C30H32F3N5. The summed E-state index contributed by atoms with van der Waals surface area (Å²) >= 11 is 0. The molecular weight excluding hydrogens is 487 g/mol. The lowest BCUT2D eigenvalue weighted by molar-refractivity contribution is -0.138. The Bertz CT molecular complexity index is 1380. The van der Waals surface area contributed by atoms with Crippen LogP contribution in [0.2, 0.25) is 0 Å². The third-order valence-corrected chi connectivity index (χ3v) is 5.94. The first-order valence-corrected chi connectivity index (χ1v) is 12.4. The lowest BCUT2D eigenvalue weighted by Gasteiger charge is -2.24. The van der Waals surface area contributed by atoms with Crippen molar-refractivity contribution in [3.05, 3.63) is 88.6 Å². The fourth-order valence-electron chi connectivity index (χ4n) is 4.06. The molecule has 0 unspecified atom stereocenters. The molecule has 8 heteroatoms. The molecule has 0 atom stereocenters. The monoisotopic (exact) mass is 519 g/mol. The van der Waals surface area contributed by atoms with Crippen LogP contribution >= 0.6 is 0 Å². The minimum absolute atomic E-state index is 0.225. The smallest absolute Gasteiger partial charge is 0.383 e. The van der Waals surface area contributed by atoms with Gasteiger partial charge in [0.05, 0.1) is 11.1 Å². The zero-order valence-electron chi connectivity index (χ0n) is 21.6. The Labute approximate surface area is 221 Å². The Balaban J connectivity index is 1.89. The molecule has 1 heterocycles. The van der Waals surface area contributed by atoms with Crippen LogP contribution in [0.15, 0.2) is 66.4 Å². The predicted octanol–water partition coefficient (Wildman–Crippen LogP) is 5.91. The highest BCUT2D eigenvalue weighted by Gasteiger charge is 2.33. The maximum absolute atomic E-state index is 14.0. The van der Waals surface area contributed by atoms with E-state index in [0.717, 1.165) is 30.0 Å². The van der Waals surface area contributed by atoms with Crippen molar-refractivity contribution in [2.75, 3.05) is 32.4 Å². The van der Waals surface area contributed by atoms with Crippen molar-refractivity contribution in [2.45, 2.75) is 26.1 Å². The predicted molar refractivity (Wildman–Crippen MR) is 150 cm³/mol. The lowest BCUT2D eigenvalue weighted by Crippen LogP contribution is -2.31. The summed E-state index contributed by atoms with van der Waals surface area (Å²) in [5.74, 6) is 6.45. The molecule has 38 heavy (non-hydrogen) atoms. The van der Waals surface area contributed by atoms with Crippen LogP contribution in [-0.4, -0.2) is 42.8 Å². The standard InChI is InChI=1S/C30H32F3N5/c1-3-17-38(18-16-36-2)21-25-13-11-23(19-28(25)30(31,32)33)9-8-22(14-15-34)10-12-24-20-37-29(35)27-7-5-4-6-26(24)27/h4-9,11,13-15,19-20,34,36H,3,16-18,21H2,1-2H3,(H2,35,37)/b9-8+,22-14+,34-15?. The van der Waals surface area contributed by atoms with Crippen LogP contribution in [0.25, 0.3) is 16.8 Å². The van der Waals surface area contributed by atoms with Gasteiger partial charge in [0.1, 0.15) is 5.82 Å². The number of alkyl halides is 3. The van der Waals surface area contributed by atoms with E-state index in [-0.39, 0.29) is 12.1 Å². The number of nitrogen functional groups attached to an aromatic ring is 1. The highest BCUT2D eigenvalue weighted by Crippen LogP contribution is 2.34. The van der Waals surface area contributed by atoms with Crippen LogP contribution in [0.5, 0.6) is 0 Å². The minimum Gasteiger partial charge on any atom is -0.383 e. The van der Waals surface area contributed by atoms with Crippen LogP contribution in [0.1, 0.15) is 35.6 Å². The summed E-state index contributed by atoms with van der Waals surface area (Å²) in [6.07, 6.45) is 3.73. The Morgan fingerprint density at radius 1 is 1.16 bits per heavy atom. The second-order valence-corrected chi connectivity index (χ2v) is 8.77. The molecule has 198 valence electrons.